The third kappa shape index (κ3) is 4.74. The number of aromatic nitrogens is 4. The average Bonchev–Trinajstić information content (AvgIpc) is 3.22. The van der Waals surface area contributed by atoms with Crippen LogP contribution in [0.25, 0.3) is 17.1 Å². The van der Waals surface area contributed by atoms with Crippen molar-refractivity contribution in [3.8, 4) is 17.1 Å². The van der Waals surface area contributed by atoms with Crippen LogP contribution in [-0.4, -0.2) is 55.3 Å². The van der Waals surface area contributed by atoms with E-state index in [9.17, 15) is 14.0 Å². The van der Waals surface area contributed by atoms with E-state index in [0.717, 1.165) is 12.0 Å². The van der Waals surface area contributed by atoms with Gasteiger partial charge in [-0.2, -0.15) is 0 Å². The van der Waals surface area contributed by atoms with Crippen LogP contribution in [0.5, 0.6) is 0 Å². The molecule has 2 N–H and O–H groups in total. The van der Waals surface area contributed by atoms with Gasteiger partial charge in [-0.15, -0.1) is 10.2 Å². The van der Waals surface area contributed by atoms with Gasteiger partial charge in [0.05, 0.1) is 11.7 Å². The number of piperidine rings is 1. The molecule has 0 bridgehead atoms. The smallest absolute Gasteiger partial charge is 0.233 e. The first-order valence-electron chi connectivity index (χ1n) is 9.84. The highest BCUT2D eigenvalue weighted by atomic mass is 32.2. The quantitative estimate of drug-likeness (QED) is 0.590. The number of nitrogens with two attached hydrogens (primary N) is 1. The molecule has 0 radical (unpaired) electrons. The lowest BCUT2D eigenvalue weighted by Crippen LogP contribution is -2.44. The molecule has 0 saturated carbocycles. The number of halogens is 1. The van der Waals surface area contributed by atoms with Crippen molar-refractivity contribution in [2.24, 2.45) is 11.7 Å². The molecule has 1 unspecified atom stereocenters. The summed E-state index contributed by atoms with van der Waals surface area (Å²) in [6.45, 7) is 0.956. The molecule has 1 fully saturated rings. The van der Waals surface area contributed by atoms with E-state index in [-0.39, 0.29) is 29.3 Å². The molecule has 1 atom stereocenters. The van der Waals surface area contributed by atoms with Gasteiger partial charge in [0, 0.05) is 36.7 Å². The molecule has 1 aliphatic heterocycles. The summed E-state index contributed by atoms with van der Waals surface area (Å²) in [6, 6.07) is 9.61. The van der Waals surface area contributed by atoms with Crippen LogP contribution in [0, 0.1) is 11.7 Å². The molecule has 0 aliphatic carbocycles. The Kier molecular flexibility index (Phi) is 6.26. The topological polar surface area (TPSA) is 107 Å². The number of carbonyl (C=O) groups is 2. The predicted octanol–water partition coefficient (Wildman–Crippen LogP) is 2.28. The Hall–Kier alpha value is -3.27. The molecule has 10 heteroatoms. The van der Waals surface area contributed by atoms with Gasteiger partial charge in [-0.05, 0) is 49.2 Å². The number of hydrogen-bond donors (Lipinski definition) is 1. The van der Waals surface area contributed by atoms with E-state index >= 15 is 0 Å². The van der Waals surface area contributed by atoms with Crippen molar-refractivity contribution in [1.82, 2.24) is 24.6 Å². The Morgan fingerprint density at radius 3 is 2.58 bits per heavy atom. The van der Waals surface area contributed by atoms with Gasteiger partial charge in [-0.3, -0.25) is 19.1 Å². The molecule has 0 spiro atoms. The average molecular weight is 441 g/mol. The molecule has 3 heterocycles. The minimum atomic E-state index is -0.372. The van der Waals surface area contributed by atoms with Crippen molar-refractivity contribution in [2.75, 3.05) is 18.8 Å². The minimum Gasteiger partial charge on any atom is -0.369 e. The van der Waals surface area contributed by atoms with Gasteiger partial charge in [0.15, 0.2) is 11.0 Å². The van der Waals surface area contributed by atoms with Gasteiger partial charge in [0.25, 0.3) is 0 Å². The van der Waals surface area contributed by atoms with E-state index in [1.165, 1.54) is 23.9 Å². The fourth-order valence-corrected chi connectivity index (χ4v) is 4.38. The molecule has 1 saturated heterocycles. The highest BCUT2D eigenvalue weighted by molar-refractivity contribution is 7.99. The lowest BCUT2D eigenvalue weighted by atomic mass is 9.97. The van der Waals surface area contributed by atoms with Gasteiger partial charge in [0.1, 0.15) is 5.82 Å². The molecule has 4 rings (SSSR count). The Bertz CT molecular complexity index is 1070. The molecular weight excluding hydrogens is 419 g/mol. The summed E-state index contributed by atoms with van der Waals surface area (Å²) < 4.78 is 15.3. The molecule has 8 nitrogen and oxygen atoms in total. The second kappa shape index (κ2) is 9.25. The van der Waals surface area contributed by atoms with E-state index in [4.69, 9.17) is 5.73 Å². The number of primary amides is 1. The van der Waals surface area contributed by atoms with E-state index in [2.05, 4.69) is 15.2 Å². The fraction of sp³-hybridized carbons (Fsp3) is 0.286. The minimum absolute atomic E-state index is 0.0879. The van der Waals surface area contributed by atoms with Crippen molar-refractivity contribution >= 4 is 23.6 Å². The van der Waals surface area contributed by atoms with Crippen LogP contribution in [0.15, 0.2) is 53.9 Å². The summed E-state index contributed by atoms with van der Waals surface area (Å²) in [7, 11) is 0. The number of amides is 2. The number of carbonyl (C=O) groups excluding carboxylic acids is 2. The van der Waals surface area contributed by atoms with Crippen LogP contribution in [0.3, 0.4) is 0 Å². The van der Waals surface area contributed by atoms with Gasteiger partial charge < -0.3 is 10.6 Å². The van der Waals surface area contributed by atoms with E-state index in [1.807, 2.05) is 0 Å². The van der Waals surface area contributed by atoms with Gasteiger partial charge in [-0.25, -0.2) is 4.39 Å². The fourth-order valence-electron chi connectivity index (χ4n) is 3.53. The molecule has 2 aromatic heterocycles. The molecule has 1 aliphatic rings. The molecular formula is C21H21FN6O2S. The number of thioether (sulfide) groups is 1. The summed E-state index contributed by atoms with van der Waals surface area (Å²) in [5, 5.41) is 9.07. The highest BCUT2D eigenvalue weighted by Gasteiger charge is 2.27. The van der Waals surface area contributed by atoms with Gasteiger partial charge in [0.2, 0.25) is 11.8 Å². The maximum atomic E-state index is 13.5. The number of pyridine rings is 1. The normalized spacial score (nSPS) is 16.3. The zero-order valence-corrected chi connectivity index (χ0v) is 17.5. The third-order valence-corrected chi connectivity index (χ3v) is 6.07. The third-order valence-electron chi connectivity index (χ3n) is 5.16. The first-order valence-corrected chi connectivity index (χ1v) is 10.8. The van der Waals surface area contributed by atoms with Crippen molar-refractivity contribution in [1.29, 1.82) is 0 Å². The maximum Gasteiger partial charge on any atom is 0.233 e. The summed E-state index contributed by atoms with van der Waals surface area (Å²) in [4.78, 5) is 29.9. The molecule has 1 aromatic carbocycles. The van der Waals surface area contributed by atoms with Crippen molar-refractivity contribution in [3.63, 3.8) is 0 Å². The Morgan fingerprint density at radius 2 is 1.87 bits per heavy atom. The standard InChI is InChI=1S/C21H21FN6O2S/c22-16-3-5-17(6-4-16)28-20(14-7-9-24-10-8-14)25-26-21(28)31-13-18(29)27-11-1-2-15(12-27)19(23)30/h3-10,15H,1-2,11-13H2,(H2,23,30). The van der Waals surface area contributed by atoms with Crippen LogP contribution in [-0.2, 0) is 9.59 Å². The zero-order valence-electron chi connectivity index (χ0n) is 16.6. The number of nitrogens with zero attached hydrogens (tertiary/aromatic N) is 5. The molecule has 2 amide bonds. The van der Waals surface area contributed by atoms with Crippen molar-refractivity contribution < 1.29 is 14.0 Å². The predicted molar refractivity (Wildman–Crippen MR) is 114 cm³/mol. The first-order chi connectivity index (χ1) is 15.0. The Labute approximate surface area is 182 Å². The zero-order chi connectivity index (χ0) is 21.8. The van der Waals surface area contributed by atoms with Crippen LogP contribution >= 0.6 is 11.8 Å². The maximum absolute atomic E-state index is 13.5. The molecule has 160 valence electrons. The number of likely N-dealkylation sites (tertiary alicyclic amines) is 1. The van der Waals surface area contributed by atoms with Gasteiger partial charge >= 0.3 is 0 Å². The van der Waals surface area contributed by atoms with Crippen molar-refractivity contribution in [3.05, 3.63) is 54.6 Å². The Morgan fingerprint density at radius 1 is 1.13 bits per heavy atom. The van der Waals surface area contributed by atoms with Crippen LogP contribution in [0.2, 0.25) is 0 Å². The first kappa shape index (κ1) is 21.0. The van der Waals surface area contributed by atoms with Crippen LogP contribution in [0.4, 0.5) is 4.39 Å². The number of hydrogen-bond acceptors (Lipinski definition) is 6. The highest BCUT2D eigenvalue weighted by Crippen LogP contribution is 2.28. The van der Waals surface area contributed by atoms with Crippen LogP contribution in [0.1, 0.15) is 12.8 Å². The SMILES string of the molecule is NC(=O)C1CCCN(C(=O)CSc2nnc(-c3ccncc3)n2-c2ccc(F)cc2)C1. The van der Waals surface area contributed by atoms with Crippen molar-refractivity contribution in [2.45, 2.75) is 18.0 Å². The number of rotatable bonds is 6. The van der Waals surface area contributed by atoms with Gasteiger partial charge in [-0.1, -0.05) is 11.8 Å². The molecule has 31 heavy (non-hydrogen) atoms. The molecule has 3 aromatic rings. The summed E-state index contributed by atoms with van der Waals surface area (Å²) in [5.74, 6) is -0.403. The lowest BCUT2D eigenvalue weighted by molar-refractivity contribution is -0.132. The monoisotopic (exact) mass is 440 g/mol. The second-order valence-electron chi connectivity index (χ2n) is 7.22. The Balaban J connectivity index is 1.57. The number of benzene rings is 1. The summed E-state index contributed by atoms with van der Waals surface area (Å²) >= 11 is 1.25. The summed E-state index contributed by atoms with van der Waals surface area (Å²) in [6.07, 6.45) is 4.77. The van der Waals surface area contributed by atoms with E-state index in [1.54, 1.807) is 46.1 Å². The largest absolute Gasteiger partial charge is 0.369 e. The lowest BCUT2D eigenvalue weighted by Gasteiger charge is -2.31. The summed E-state index contributed by atoms with van der Waals surface area (Å²) in [5.41, 5.74) is 6.89. The van der Waals surface area contributed by atoms with E-state index in [0.29, 0.717) is 36.2 Å². The van der Waals surface area contributed by atoms with E-state index < -0.39 is 0 Å². The van der Waals surface area contributed by atoms with Crippen LogP contribution < -0.4 is 5.73 Å². The second-order valence-corrected chi connectivity index (χ2v) is 8.17.